The number of ether oxygens (including phenoxy) is 1. The van der Waals surface area contributed by atoms with Crippen LogP contribution in [0.4, 0.5) is 0 Å². The van der Waals surface area contributed by atoms with Crippen molar-refractivity contribution in [2.24, 2.45) is 5.92 Å². The second-order valence-electron chi connectivity index (χ2n) is 5.55. The number of rotatable bonds is 4. The van der Waals surface area contributed by atoms with Crippen molar-refractivity contribution in [3.63, 3.8) is 0 Å². The molecule has 1 fully saturated rings. The van der Waals surface area contributed by atoms with Gasteiger partial charge in [-0.15, -0.1) is 0 Å². The summed E-state index contributed by atoms with van der Waals surface area (Å²) in [5, 5.41) is 4.75. The first kappa shape index (κ1) is 13.5. The monoisotopic (exact) mass is 270 g/mol. The summed E-state index contributed by atoms with van der Waals surface area (Å²) in [5.41, 5.74) is 2.45. The zero-order valence-electron chi connectivity index (χ0n) is 12.0. The number of hydrogen-bond donors (Lipinski definition) is 1. The average molecular weight is 270 g/mol. The molecule has 1 aliphatic rings. The van der Waals surface area contributed by atoms with Crippen LogP contribution in [0, 0.1) is 5.92 Å². The molecule has 2 aromatic rings. The van der Waals surface area contributed by atoms with Crippen molar-refractivity contribution in [1.82, 2.24) is 10.3 Å². The normalized spacial score (nSPS) is 18.2. The van der Waals surface area contributed by atoms with Crippen LogP contribution in [0.25, 0.3) is 10.9 Å². The summed E-state index contributed by atoms with van der Waals surface area (Å²) >= 11 is 0. The molecule has 1 aromatic carbocycles. The Morgan fingerprint density at radius 3 is 2.85 bits per heavy atom. The highest BCUT2D eigenvalue weighted by atomic mass is 16.5. The van der Waals surface area contributed by atoms with Gasteiger partial charge in [0.25, 0.3) is 0 Å². The van der Waals surface area contributed by atoms with Crippen LogP contribution in [0.15, 0.2) is 36.5 Å². The third-order valence-corrected chi connectivity index (χ3v) is 4.32. The van der Waals surface area contributed by atoms with E-state index in [0.717, 1.165) is 24.6 Å². The van der Waals surface area contributed by atoms with Crippen molar-refractivity contribution >= 4 is 10.9 Å². The highest BCUT2D eigenvalue weighted by Crippen LogP contribution is 2.30. The summed E-state index contributed by atoms with van der Waals surface area (Å²) in [7, 11) is 2.05. The van der Waals surface area contributed by atoms with Gasteiger partial charge in [-0.25, -0.2) is 0 Å². The van der Waals surface area contributed by atoms with E-state index < -0.39 is 0 Å². The number of para-hydroxylation sites is 1. The van der Waals surface area contributed by atoms with Gasteiger partial charge in [-0.05, 0) is 49.9 Å². The number of fused-ring (bicyclic) bond motifs is 1. The molecule has 1 N–H and O–H groups in total. The molecule has 0 bridgehead atoms. The predicted octanol–water partition coefficient (Wildman–Crippen LogP) is 3.31. The van der Waals surface area contributed by atoms with Gasteiger partial charge in [-0.2, -0.15) is 0 Å². The van der Waals surface area contributed by atoms with Crippen molar-refractivity contribution in [2.45, 2.75) is 25.3 Å². The van der Waals surface area contributed by atoms with Gasteiger partial charge in [0.1, 0.15) is 0 Å². The Morgan fingerprint density at radius 1 is 1.25 bits per heavy atom. The van der Waals surface area contributed by atoms with Gasteiger partial charge in [0.2, 0.25) is 0 Å². The molecule has 3 rings (SSSR count). The standard InChI is InChI=1S/C17H22N2O/c1-18-17(12-13-7-10-20-11-8-13)15-6-9-19-16-5-3-2-4-14(15)16/h2-6,9,13,17-18H,7-8,10-12H2,1H3. The van der Waals surface area contributed by atoms with E-state index in [9.17, 15) is 0 Å². The van der Waals surface area contributed by atoms with Crippen molar-refractivity contribution in [3.05, 3.63) is 42.1 Å². The summed E-state index contributed by atoms with van der Waals surface area (Å²) in [6.45, 7) is 1.83. The van der Waals surface area contributed by atoms with E-state index in [1.165, 1.54) is 30.2 Å². The number of pyridine rings is 1. The van der Waals surface area contributed by atoms with Crippen LogP contribution >= 0.6 is 0 Å². The summed E-state index contributed by atoms with van der Waals surface area (Å²) in [6, 6.07) is 10.9. The Hall–Kier alpha value is -1.45. The minimum atomic E-state index is 0.394. The van der Waals surface area contributed by atoms with Crippen molar-refractivity contribution in [3.8, 4) is 0 Å². The molecule has 0 amide bonds. The molecule has 3 heteroatoms. The van der Waals surface area contributed by atoms with E-state index in [0.29, 0.717) is 6.04 Å². The van der Waals surface area contributed by atoms with Crippen LogP contribution in [0.2, 0.25) is 0 Å². The first-order chi connectivity index (χ1) is 9.88. The van der Waals surface area contributed by atoms with Gasteiger partial charge in [0.15, 0.2) is 0 Å². The van der Waals surface area contributed by atoms with Crippen LogP contribution in [0.3, 0.4) is 0 Å². The first-order valence-electron chi connectivity index (χ1n) is 7.47. The van der Waals surface area contributed by atoms with Crippen LogP contribution in [-0.2, 0) is 4.74 Å². The Morgan fingerprint density at radius 2 is 2.05 bits per heavy atom. The predicted molar refractivity (Wildman–Crippen MR) is 81.7 cm³/mol. The van der Waals surface area contributed by atoms with Gasteiger partial charge in [0.05, 0.1) is 5.52 Å². The highest BCUT2D eigenvalue weighted by Gasteiger charge is 2.20. The molecule has 0 radical (unpaired) electrons. The Balaban J connectivity index is 1.86. The molecular formula is C17H22N2O. The Bertz CT molecular complexity index is 558. The molecule has 0 saturated carbocycles. The van der Waals surface area contributed by atoms with E-state index in [2.05, 4.69) is 41.6 Å². The fraction of sp³-hybridized carbons (Fsp3) is 0.471. The van der Waals surface area contributed by atoms with Crippen molar-refractivity contribution in [1.29, 1.82) is 0 Å². The van der Waals surface area contributed by atoms with Crippen molar-refractivity contribution < 1.29 is 4.74 Å². The largest absolute Gasteiger partial charge is 0.381 e. The quantitative estimate of drug-likeness (QED) is 0.925. The number of benzene rings is 1. The summed E-state index contributed by atoms with van der Waals surface area (Å²) < 4.78 is 5.46. The van der Waals surface area contributed by atoms with Gasteiger partial charge < -0.3 is 10.1 Å². The molecule has 20 heavy (non-hydrogen) atoms. The second-order valence-corrected chi connectivity index (χ2v) is 5.55. The van der Waals surface area contributed by atoms with E-state index in [1.807, 2.05) is 12.3 Å². The lowest BCUT2D eigenvalue weighted by Crippen LogP contribution is -2.24. The number of nitrogens with one attached hydrogen (secondary N) is 1. The van der Waals surface area contributed by atoms with Gasteiger partial charge >= 0.3 is 0 Å². The summed E-state index contributed by atoms with van der Waals surface area (Å²) in [4.78, 5) is 4.46. The molecule has 1 saturated heterocycles. The SMILES string of the molecule is CNC(CC1CCOCC1)c1ccnc2ccccc12. The van der Waals surface area contributed by atoms with E-state index in [-0.39, 0.29) is 0 Å². The number of hydrogen-bond acceptors (Lipinski definition) is 3. The molecule has 1 aliphatic heterocycles. The van der Waals surface area contributed by atoms with Gasteiger partial charge in [0, 0.05) is 30.8 Å². The minimum Gasteiger partial charge on any atom is -0.381 e. The van der Waals surface area contributed by atoms with Crippen LogP contribution in [-0.4, -0.2) is 25.2 Å². The van der Waals surface area contributed by atoms with Gasteiger partial charge in [-0.1, -0.05) is 18.2 Å². The average Bonchev–Trinajstić information content (AvgIpc) is 2.53. The van der Waals surface area contributed by atoms with E-state index in [4.69, 9.17) is 4.74 Å². The molecule has 1 aromatic heterocycles. The Kier molecular flexibility index (Phi) is 4.28. The van der Waals surface area contributed by atoms with Crippen LogP contribution < -0.4 is 5.32 Å². The van der Waals surface area contributed by atoms with Crippen LogP contribution in [0.5, 0.6) is 0 Å². The highest BCUT2D eigenvalue weighted by molar-refractivity contribution is 5.82. The second kappa shape index (κ2) is 6.33. The molecule has 106 valence electrons. The molecule has 1 unspecified atom stereocenters. The molecule has 3 nitrogen and oxygen atoms in total. The molecule has 0 aliphatic carbocycles. The maximum Gasteiger partial charge on any atom is 0.0705 e. The van der Waals surface area contributed by atoms with E-state index >= 15 is 0 Å². The zero-order chi connectivity index (χ0) is 13.8. The Labute approximate surface area is 120 Å². The number of aromatic nitrogens is 1. The third kappa shape index (κ3) is 2.84. The smallest absolute Gasteiger partial charge is 0.0705 e. The lowest BCUT2D eigenvalue weighted by molar-refractivity contribution is 0.0608. The lowest BCUT2D eigenvalue weighted by atomic mass is 9.88. The molecular weight excluding hydrogens is 248 g/mol. The minimum absolute atomic E-state index is 0.394. The maximum atomic E-state index is 5.46. The maximum absolute atomic E-state index is 5.46. The van der Waals surface area contributed by atoms with Crippen LogP contribution in [0.1, 0.15) is 30.9 Å². The zero-order valence-corrected chi connectivity index (χ0v) is 12.0. The fourth-order valence-electron chi connectivity index (χ4n) is 3.14. The van der Waals surface area contributed by atoms with Crippen molar-refractivity contribution in [2.75, 3.05) is 20.3 Å². The fourth-order valence-corrected chi connectivity index (χ4v) is 3.14. The summed E-state index contributed by atoms with van der Waals surface area (Å²) in [5.74, 6) is 0.758. The topological polar surface area (TPSA) is 34.1 Å². The molecule has 2 heterocycles. The number of nitrogens with zero attached hydrogens (tertiary/aromatic N) is 1. The summed E-state index contributed by atoms with van der Waals surface area (Å²) in [6.07, 6.45) is 5.46. The first-order valence-corrected chi connectivity index (χ1v) is 7.47. The third-order valence-electron chi connectivity index (χ3n) is 4.32. The lowest BCUT2D eigenvalue weighted by Gasteiger charge is -2.27. The molecule has 1 atom stereocenters. The molecule has 0 spiro atoms. The van der Waals surface area contributed by atoms with Gasteiger partial charge in [-0.3, -0.25) is 4.98 Å². The van der Waals surface area contributed by atoms with E-state index in [1.54, 1.807) is 0 Å².